The summed E-state index contributed by atoms with van der Waals surface area (Å²) in [6, 6.07) is 9.23. The molecular weight excluding hydrogens is 386 g/mol. The molecule has 32 heavy (non-hydrogen) atoms. The van der Waals surface area contributed by atoms with E-state index in [0.717, 1.165) is 10.9 Å². The predicted octanol–water partition coefficient (Wildman–Crippen LogP) is 9.82. The SMILES string of the molecule is CCCCCCCCCCCCCCCC[N+](C)(C)C(CC)(CC)c1ccccc1CC. The van der Waals surface area contributed by atoms with Gasteiger partial charge in [0.05, 0.1) is 20.6 Å². The minimum absolute atomic E-state index is 0.239. The number of unbranched alkanes of at least 4 members (excludes halogenated alkanes) is 13. The van der Waals surface area contributed by atoms with Crippen molar-refractivity contribution in [3.8, 4) is 0 Å². The van der Waals surface area contributed by atoms with Crippen LogP contribution in [-0.2, 0) is 12.0 Å². The van der Waals surface area contributed by atoms with Crippen LogP contribution in [0, 0.1) is 0 Å². The highest BCUT2D eigenvalue weighted by molar-refractivity contribution is 5.32. The van der Waals surface area contributed by atoms with Crippen molar-refractivity contribution in [1.82, 2.24) is 0 Å². The first-order chi connectivity index (χ1) is 15.5. The maximum atomic E-state index is 2.49. The zero-order valence-electron chi connectivity index (χ0n) is 23.0. The minimum atomic E-state index is 0.239. The molecule has 1 nitrogen and oxygen atoms in total. The van der Waals surface area contributed by atoms with Crippen LogP contribution >= 0.6 is 0 Å². The number of nitrogens with zero attached hydrogens (tertiary/aromatic N) is 1. The Hall–Kier alpha value is -0.820. The summed E-state index contributed by atoms with van der Waals surface area (Å²) in [6.45, 7) is 10.7. The Kier molecular flexibility index (Phi) is 15.3. The van der Waals surface area contributed by atoms with E-state index < -0.39 is 0 Å². The average molecular weight is 445 g/mol. The quantitative estimate of drug-likeness (QED) is 0.139. The van der Waals surface area contributed by atoms with Crippen LogP contribution in [-0.4, -0.2) is 25.1 Å². The van der Waals surface area contributed by atoms with E-state index in [1.165, 1.54) is 109 Å². The second-order valence-corrected chi connectivity index (χ2v) is 10.8. The van der Waals surface area contributed by atoms with Gasteiger partial charge in [0.2, 0.25) is 0 Å². The van der Waals surface area contributed by atoms with Gasteiger partial charge in [-0.25, -0.2) is 0 Å². The molecule has 0 radical (unpaired) electrons. The molecule has 1 aromatic rings. The van der Waals surface area contributed by atoms with E-state index in [9.17, 15) is 0 Å². The monoisotopic (exact) mass is 444 g/mol. The molecule has 0 aliphatic carbocycles. The molecule has 0 aromatic heterocycles. The van der Waals surface area contributed by atoms with E-state index in [-0.39, 0.29) is 5.54 Å². The van der Waals surface area contributed by atoms with Crippen LogP contribution in [0.5, 0.6) is 0 Å². The zero-order valence-corrected chi connectivity index (χ0v) is 23.0. The molecule has 1 aromatic carbocycles. The topological polar surface area (TPSA) is 0 Å². The second-order valence-electron chi connectivity index (χ2n) is 10.8. The highest BCUT2D eigenvalue weighted by Crippen LogP contribution is 2.41. The average Bonchev–Trinajstić information content (AvgIpc) is 2.80. The van der Waals surface area contributed by atoms with E-state index in [0.29, 0.717) is 0 Å². The Balaban J connectivity index is 2.31. The molecule has 0 aliphatic heterocycles. The number of hydrogen-bond donors (Lipinski definition) is 0. The van der Waals surface area contributed by atoms with Crippen molar-refractivity contribution in [3.63, 3.8) is 0 Å². The van der Waals surface area contributed by atoms with Crippen LogP contribution in [0.15, 0.2) is 24.3 Å². The molecule has 0 saturated carbocycles. The highest BCUT2D eigenvalue weighted by Gasteiger charge is 2.44. The zero-order chi connectivity index (χ0) is 23.7. The summed E-state index contributed by atoms with van der Waals surface area (Å²) in [6.07, 6.45) is 23.7. The van der Waals surface area contributed by atoms with Gasteiger partial charge in [0.1, 0.15) is 5.54 Å². The second kappa shape index (κ2) is 16.7. The molecule has 0 amide bonds. The fraction of sp³-hybridized carbons (Fsp3) is 0.806. The lowest BCUT2D eigenvalue weighted by atomic mass is 9.78. The summed E-state index contributed by atoms with van der Waals surface area (Å²) < 4.78 is 1.12. The van der Waals surface area contributed by atoms with Crippen LogP contribution in [0.2, 0.25) is 0 Å². The largest absolute Gasteiger partial charge is 0.320 e. The van der Waals surface area contributed by atoms with Crippen molar-refractivity contribution >= 4 is 0 Å². The Morgan fingerprint density at radius 2 is 1.03 bits per heavy atom. The van der Waals surface area contributed by atoms with Gasteiger partial charge in [-0.2, -0.15) is 0 Å². The number of aryl methyl sites for hydroxylation is 1. The number of quaternary nitrogens is 1. The van der Waals surface area contributed by atoms with Gasteiger partial charge < -0.3 is 4.48 Å². The molecule has 1 heteroatoms. The first-order valence-corrected chi connectivity index (χ1v) is 14.4. The van der Waals surface area contributed by atoms with Gasteiger partial charge >= 0.3 is 0 Å². The number of hydrogen-bond acceptors (Lipinski definition) is 0. The third-order valence-corrected chi connectivity index (χ3v) is 8.30. The van der Waals surface area contributed by atoms with Crippen molar-refractivity contribution < 1.29 is 4.48 Å². The number of benzene rings is 1. The summed E-state index contributed by atoms with van der Waals surface area (Å²) in [7, 11) is 4.98. The predicted molar refractivity (Wildman–Crippen MR) is 145 cm³/mol. The molecule has 0 N–H and O–H groups in total. The van der Waals surface area contributed by atoms with Crippen LogP contribution < -0.4 is 0 Å². The Labute approximate surface area is 203 Å². The Morgan fingerprint density at radius 1 is 0.594 bits per heavy atom. The van der Waals surface area contributed by atoms with E-state index in [2.05, 4.69) is 66.1 Å². The molecule has 0 unspecified atom stereocenters. The van der Waals surface area contributed by atoms with E-state index in [4.69, 9.17) is 0 Å². The van der Waals surface area contributed by atoms with Crippen LogP contribution in [0.4, 0.5) is 0 Å². The summed E-state index contributed by atoms with van der Waals surface area (Å²) >= 11 is 0. The van der Waals surface area contributed by atoms with Crippen molar-refractivity contribution in [3.05, 3.63) is 35.4 Å². The van der Waals surface area contributed by atoms with Crippen LogP contribution in [0.3, 0.4) is 0 Å². The van der Waals surface area contributed by atoms with Crippen molar-refractivity contribution in [2.24, 2.45) is 0 Å². The normalized spacial score (nSPS) is 12.4. The summed E-state index contributed by atoms with van der Waals surface area (Å²) in [5.41, 5.74) is 3.38. The fourth-order valence-corrected chi connectivity index (χ4v) is 6.01. The van der Waals surface area contributed by atoms with Gasteiger partial charge in [0.15, 0.2) is 0 Å². The number of rotatable bonds is 20. The third-order valence-electron chi connectivity index (χ3n) is 8.30. The minimum Gasteiger partial charge on any atom is -0.320 e. The maximum absolute atomic E-state index is 2.49. The van der Waals surface area contributed by atoms with Gasteiger partial charge in [0, 0.05) is 18.4 Å². The maximum Gasteiger partial charge on any atom is 0.124 e. The van der Waals surface area contributed by atoms with E-state index in [1.807, 2.05) is 0 Å². The Morgan fingerprint density at radius 3 is 1.47 bits per heavy atom. The summed E-state index contributed by atoms with van der Waals surface area (Å²) in [4.78, 5) is 0. The lowest BCUT2D eigenvalue weighted by Crippen LogP contribution is -2.57. The van der Waals surface area contributed by atoms with Crippen LogP contribution in [0.25, 0.3) is 0 Å². The van der Waals surface area contributed by atoms with Crippen LogP contribution in [0.1, 0.15) is 142 Å². The van der Waals surface area contributed by atoms with Crippen molar-refractivity contribution in [2.75, 3.05) is 20.6 Å². The first kappa shape index (κ1) is 29.2. The fourth-order valence-electron chi connectivity index (χ4n) is 6.01. The van der Waals surface area contributed by atoms with E-state index in [1.54, 1.807) is 11.1 Å². The smallest absolute Gasteiger partial charge is 0.124 e. The standard InChI is InChI=1S/C31H58N/c1-7-11-12-13-14-15-16-17-18-19-20-21-22-25-28-32(5,6)31(9-3,10-4)30-27-24-23-26-29(30)8-2/h23-24,26-27H,7-22,25,28H2,1-6H3/q+1. The molecule has 0 atom stereocenters. The highest BCUT2D eigenvalue weighted by atomic mass is 15.4. The molecule has 0 fully saturated rings. The molecular formula is C31H58N+. The lowest BCUT2D eigenvalue weighted by molar-refractivity contribution is -0.951. The van der Waals surface area contributed by atoms with Crippen molar-refractivity contribution in [1.29, 1.82) is 0 Å². The van der Waals surface area contributed by atoms with Gasteiger partial charge in [-0.05, 0) is 24.8 Å². The molecule has 1 rings (SSSR count). The van der Waals surface area contributed by atoms with E-state index >= 15 is 0 Å². The first-order valence-electron chi connectivity index (χ1n) is 14.4. The van der Waals surface area contributed by atoms with Gasteiger partial charge in [-0.3, -0.25) is 0 Å². The van der Waals surface area contributed by atoms with Crippen molar-refractivity contribution in [2.45, 2.75) is 142 Å². The summed E-state index contributed by atoms with van der Waals surface area (Å²) in [5, 5.41) is 0. The van der Waals surface area contributed by atoms with Gasteiger partial charge in [-0.15, -0.1) is 0 Å². The molecule has 0 spiro atoms. The third kappa shape index (κ3) is 9.20. The van der Waals surface area contributed by atoms with Gasteiger partial charge in [-0.1, -0.05) is 129 Å². The lowest BCUT2D eigenvalue weighted by Gasteiger charge is -2.49. The van der Waals surface area contributed by atoms with Gasteiger partial charge in [0.25, 0.3) is 0 Å². The molecule has 0 saturated heterocycles. The Bertz CT molecular complexity index is 570. The summed E-state index contributed by atoms with van der Waals surface area (Å²) in [5.74, 6) is 0. The molecule has 0 heterocycles. The molecule has 186 valence electrons. The molecule has 0 bridgehead atoms. The molecule has 0 aliphatic rings.